The Kier molecular flexibility index (Phi) is 6.85. The van der Waals surface area contributed by atoms with Gasteiger partial charge in [0.2, 0.25) is 0 Å². The molecule has 0 unspecified atom stereocenters. The SMILES string of the molecule is COC(=O)COc1ccc(C=C2SC(=O)N(CC(=O)OC(C)(C)C)C2=O)cc1. The number of thioether (sulfide) groups is 1. The Morgan fingerprint density at radius 1 is 1.11 bits per heavy atom. The quantitative estimate of drug-likeness (QED) is 0.524. The van der Waals surface area contributed by atoms with Gasteiger partial charge in [-0.3, -0.25) is 19.3 Å². The third-order valence-corrected chi connectivity index (χ3v) is 4.25. The van der Waals surface area contributed by atoms with Crippen molar-refractivity contribution in [2.24, 2.45) is 0 Å². The van der Waals surface area contributed by atoms with Gasteiger partial charge in [0.15, 0.2) is 6.61 Å². The summed E-state index contributed by atoms with van der Waals surface area (Å²) in [6.45, 7) is 4.48. The second kappa shape index (κ2) is 8.92. The maximum atomic E-state index is 12.4. The molecule has 150 valence electrons. The van der Waals surface area contributed by atoms with E-state index in [0.717, 1.165) is 16.7 Å². The van der Waals surface area contributed by atoms with Crippen molar-refractivity contribution in [2.75, 3.05) is 20.3 Å². The molecule has 0 aromatic heterocycles. The van der Waals surface area contributed by atoms with Crippen LogP contribution in [0.15, 0.2) is 29.2 Å². The third kappa shape index (κ3) is 6.12. The number of rotatable bonds is 6. The number of esters is 2. The summed E-state index contributed by atoms with van der Waals surface area (Å²) >= 11 is 0.756. The van der Waals surface area contributed by atoms with Gasteiger partial charge >= 0.3 is 11.9 Å². The van der Waals surface area contributed by atoms with Gasteiger partial charge in [0, 0.05) is 0 Å². The van der Waals surface area contributed by atoms with Crippen LogP contribution < -0.4 is 4.74 Å². The number of carbonyl (C=O) groups excluding carboxylic acids is 4. The number of imide groups is 1. The number of nitrogens with zero attached hydrogens (tertiary/aromatic N) is 1. The highest BCUT2D eigenvalue weighted by molar-refractivity contribution is 8.18. The summed E-state index contributed by atoms with van der Waals surface area (Å²) < 4.78 is 14.9. The molecule has 1 fully saturated rings. The van der Waals surface area contributed by atoms with E-state index in [0.29, 0.717) is 11.3 Å². The van der Waals surface area contributed by atoms with Crippen LogP contribution in [0.3, 0.4) is 0 Å². The molecular formula is C19H21NO7S. The van der Waals surface area contributed by atoms with Crippen molar-refractivity contribution >= 4 is 40.9 Å². The van der Waals surface area contributed by atoms with Crippen LogP contribution in [0.25, 0.3) is 6.08 Å². The molecule has 8 nitrogen and oxygen atoms in total. The fourth-order valence-corrected chi connectivity index (χ4v) is 2.99. The lowest BCUT2D eigenvalue weighted by Gasteiger charge is -2.21. The predicted molar refractivity (Wildman–Crippen MR) is 102 cm³/mol. The minimum Gasteiger partial charge on any atom is -0.482 e. The number of benzene rings is 1. The zero-order valence-corrected chi connectivity index (χ0v) is 16.8. The van der Waals surface area contributed by atoms with Crippen LogP contribution in [0.2, 0.25) is 0 Å². The van der Waals surface area contributed by atoms with Gasteiger partial charge in [-0.2, -0.15) is 0 Å². The second-order valence-electron chi connectivity index (χ2n) is 6.79. The average molecular weight is 407 g/mol. The highest BCUT2D eigenvalue weighted by Gasteiger charge is 2.37. The molecule has 0 aliphatic carbocycles. The molecule has 0 spiro atoms. The lowest BCUT2D eigenvalue weighted by Crippen LogP contribution is -2.37. The van der Waals surface area contributed by atoms with E-state index in [1.807, 2.05) is 0 Å². The Hall–Kier alpha value is -2.81. The van der Waals surface area contributed by atoms with E-state index in [4.69, 9.17) is 9.47 Å². The van der Waals surface area contributed by atoms with Gasteiger partial charge in [0.05, 0.1) is 12.0 Å². The van der Waals surface area contributed by atoms with Crippen molar-refractivity contribution in [3.05, 3.63) is 34.7 Å². The smallest absolute Gasteiger partial charge is 0.343 e. The number of hydrogen-bond acceptors (Lipinski definition) is 8. The molecule has 0 radical (unpaired) electrons. The van der Waals surface area contributed by atoms with Gasteiger partial charge < -0.3 is 14.2 Å². The predicted octanol–water partition coefficient (Wildman–Crippen LogP) is 2.62. The monoisotopic (exact) mass is 407 g/mol. The zero-order valence-electron chi connectivity index (χ0n) is 16.0. The maximum Gasteiger partial charge on any atom is 0.343 e. The average Bonchev–Trinajstić information content (AvgIpc) is 2.86. The van der Waals surface area contributed by atoms with Crippen LogP contribution in [0.1, 0.15) is 26.3 Å². The molecule has 2 rings (SSSR count). The van der Waals surface area contributed by atoms with Crippen molar-refractivity contribution < 1.29 is 33.4 Å². The molecule has 2 amide bonds. The highest BCUT2D eigenvalue weighted by atomic mass is 32.2. The Morgan fingerprint density at radius 2 is 1.75 bits per heavy atom. The molecule has 1 saturated heterocycles. The Bertz CT molecular complexity index is 809. The third-order valence-electron chi connectivity index (χ3n) is 3.34. The van der Waals surface area contributed by atoms with Crippen LogP contribution in [0.5, 0.6) is 5.75 Å². The summed E-state index contributed by atoms with van der Waals surface area (Å²) in [6.07, 6.45) is 1.55. The molecule has 1 aromatic carbocycles. The van der Waals surface area contributed by atoms with Crippen molar-refractivity contribution in [1.82, 2.24) is 4.90 Å². The molecule has 9 heteroatoms. The van der Waals surface area contributed by atoms with Crippen molar-refractivity contribution in [1.29, 1.82) is 0 Å². The fourth-order valence-electron chi connectivity index (χ4n) is 2.15. The van der Waals surface area contributed by atoms with E-state index < -0.39 is 35.2 Å². The minimum atomic E-state index is -0.702. The van der Waals surface area contributed by atoms with E-state index in [2.05, 4.69) is 4.74 Å². The molecular weight excluding hydrogens is 386 g/mol. The molecule has 28 heavy (non-hydrogen) atoms. The molecule has 1 heterocycles. The molecule has 0 atom stereocenters. The van der Waals surface area contributed by atoms with E-state index in [1.54, 1.807) is 51.1 Å². The van der Waals surface area contributed by atoms with Gasteiger partial charge in [-0.05, 0) is 56.3 Å². The summed E-state index contributed by atoms with van der Waals surface area (Å²) in [5.41, 5.74) is -0.0416. The lowest BCUT2D eigenvalue weighted by atomic mass is 10.2. The van der Waals surface area contributed by atoms with Crippen LogP contribution >= 0.6 is 11.8 Å². The number of amides is 2. The first kappa shape index (κ1) is 21.5. The van der Waals surface area contributed by atoms with Crippen LogP contribution in [-0.2, 0) is 23.9 Å². The Balaban J connectivity index is 2.02. The standard InChI is InChI=1S/C19H21NO7S/c1-19(2,3)27-15(21)10-20-17(23)14(28-18(20)24)9-12-5-7-13(8-6-12)26-11-16(22)25-4/h5-9H,10-11H2,1-4H3. The summed E-state index contributed by atoms with van der Waals surface area (Å²) in [6, 6.07) is 6.60. The second-order valence-corrected chi connectivity index (χ2v) is 7.78. The molecule has 0 bridgehead atoms. The number of ether oxygens (including phenoxy) is 3. The van der Waals surface area contributed by atoms with Crippen molar-refractivity contribution in [3.63, 3.8) is 0 Å². The normalized spacial score (nSPS) is 15.7. The number of carbonyl (C=O) groups is 4. The summed E-state index contributed by atoms with van der Waals surface area (Å²) in [5.74, 6) is -1.24. The molecule has 1 aliphatic rings. The van der Waals surface area contributed by atoms with E-state index in [9.17, 15) is 19.2 Å². The molecule has 1 aliphatic heterocycles. The number of methoxy groups -OCH3 is 1. The molecule has 0 saturated carbocycles. The largest absolute Gasteiger partial charge is 0.482 e. The minimum absolute atomic E-state index is 0.205. The number of hydrogen-bond donors (Lipinski definition) is 0. The Labute approximate surface area is 166 Å². The molecule has 0 N–H and O–H groups in total. The molecule has 1 aromatic rings. The summed E-state index contributed by atoms with van der Waals surface area (Å²) in [4.78, 5) is 48.5. The highest BCUT2D eigenvalue weighted by Crippen LogP contribution is 2.32. The van der Waals surface area contributed by atoms with Crippen LogP contribution in [-0.4, -0.2) is 53.8 Å². The van der Waals surface area contributed by atoms with E-state index in [1.165, 1.54) is 7.11 Å². The maximum absolute atomic E-state index is 12.4. The van der Waals surface area contributed by atoms with Gasteiger partial charge in [-0.15, -0.1) is 0 Å². The first-order valence-corrected chi connectivity index (χ1v) is 9.17. The van der Waals surface area contributed by atoms with E-state index in [-0.39, 0.29) is 11.5 Å². The topological polar surface area (TPSA) is 99.2 Å². The fraction of sp³-hybridized carbons (Fsp3) is 0.368. The first-order valence-electron chi connectivity index (χ1n) is 8.36. The van der Waals surface area contributed by atoms with Gasteiger partial charge in [0.1, 0.15) is 17.9 Å². The summed E-state index contributed by atoms with van der Waals surface area (Å²) in [5, 5.41) is -0.528. The zero-order chi connectivity index (χ0) is 20.9. The van der Waals surface area contributed by atoms with Crippen LogP contribution in [0.4, 0.5) is 4.79 Å². The van der Waals surface area contributed by atoms with Gasteiger partial charge in [0.25, 0.3) is 11.1 Å². The van der Waals surface area contributed by atoms with E-state index >= 15 is 0 Å². The summed E-state index contributed by atoms with van der Waals surface area (Å²) in [7, 11) is 1.27. The lowest BCUT2D eigenvalue weighted by molar-refractivity contribution is -0.156. The first-order chi connectivity index (χ1) is 13.1. The van der Waals surface area contributed by atoms with Crippen molar-refractivity contribution in [2.45, 2.75) is 26.4 Å². The van der Waals surface area contributed by atoms with Crippen molar-refractivity contribution in [3.8, 4) is 5.75 Å². The van der Waals surface area contributed by atoms with Gasteiger partial charge in [-0.25, -0.2) is 4.79 Å². The van der Waals surface area contributed by atoms with Gasteiger partial charge in [-0.1, -0.05) is 12.1 Å². The Morgan fingerprint density at radius 3 is 2.32 bits per heavy atom. The van der Waals surface area contributed by atoms with Crippen LogP contribution in [0, 0.1) is 0 Å².